The van der Waals surface area contributed by atoms with Crippen LogP contribution in [0.1, 0.15) is 11.1 Å². The van der Waals surface area contributed by atoms with Crippen LogP contribution in [0.4, 0.5) is 0 Å². The number of hydrogen-bond acceptors (Lipinski definition) is 4. The van der Waals surface area contributed by atoms with Gasteiger partial charge in [0.25, 0.3) is 0 Å². The molecular weight excluding hydrogens is 384 g/mol. The highest BCUT2D eigenvalue weighted by atomic mass is 32.2. The Balaban J connectivity index is 0.000000188. The fourth-order valence-corrected chi connectivity index (χ4v) is 3.49. The van der Waals surface area contributed by atoms with Crippen LogP contribution in [0, 0.1) is 6.92 Å². The van der Waals surface area contributed by atoms with Gasteiger partial charge in [-0.2, -0.15) is 0 Å². The molecule has 0 unspecified atom stereocenters. The van der Waals surface area contributed by atoms with E-state index in [1.807, 2.05) is 55.5 Å². The van der Waals surface area contributed by atoms with Crippen LogP contribution in [0.2, 0.25) is 0 Å². The van der Waals surface area contributed by atoms with Crippen LogP contribution in [0.3, 0.4) is 0 Å². The zero-order chi connectivity index (χ0) is 20.9. The molecule has 150 valence electrons. The van der Waals surface area contributed by atoms with Gasteiger partial charge in [-0.25, -0.2) is 13.4 Å². The summed E-state index contributed by atoms with van der Waals surface area (Å²) in [7, 11) is -3.02. The van der Waals surface area contributed by atoms with Gasteiger partial charge in [-0.05, 0) is 43.2 Å². The van der Waals surface area contributed by atoms with Crippen LogP contribution in [-0.2, 0) is 16.3 Å². The Morgan fingerprint density at radius 1 is 0.966 bits per heavy atom. The molecule has 0 aliphatic heterocycles. The lowest BCUT2D eigenvalue weighted by Crippen LogP contribution is -1.95. The van der Waals surface area contributed by atoms with E-state index >= 15 is 0 Å². The number of rotatable bonds is 4. The Kier molecular flexibility index (Phi) is 6.46. The molecule has 6 heteroatoms. The molecule has 0 spiro atoms. The molecule has 0 aliphatic carbocycles. The summed E-state index contributed by atoms with van der Waals surface area (Å²) in [6.07, 6.45) is 1.88. The van der Waals surface area contributed by atoms with E-state index in [9.17, 15) is 8.42 Å². The van der Waals surface area contributed by atoms with Crippen molar-refractivity contribution < 1.29 is 13.5 Å². The fourth-order valence-electron chi connectivity index (χ4n) is 2.86. The van der Waals surface area contributed by atoms with Crippen molar-refractivity contribution in [3.8, 4) is 11.4 Å². The quantitative estimate of drug-likeness (QED) is 0.531. The summed E-state index contributed by atoms with van der Waals surface area (Å²) < 4.78 is 21.9. The van der Waals surface area contributed by atoms with E-state index in [2.05, 4.69) is 9.97 Å². The van der Waals surface area contributed by atoms with E-state index in [1.54, 1.807) is 24.3 Å². The number of hydrogen-bond donors (Lipinski definition) is 2. The minimum absolute atomic E-state index is 0.172. The first-order chi connectivity index (χ1) is 13.9. The SMILES string of the molecule is Cc1ccc(S(C)(=O)=O)cc1.OCCc1ccc2nc(-c3ccccc3)[nH]c2c1. The molecule has 0 radical (unpaired) electrons. The summed E-state index contributed by atoms with van der Waals surface area (Å²) in [6.45, 7) is 2.09. The minimum atomic E-state index is -3.02. The second-order valence-electron chi connectivity index (χ2n) is 6.86. The van der Waals surface area contributed by atoms with Crippen LogP contribution in [0.5, 0.6) is 0 Å². The summed E-state index contributed by atoms with van der Waals surface area (Å²) in [6, 6.07) is 22.9. The van der Waals surface area contributed by atoms with E-state index < -0.39 is 9.84 Å². The number of aromatic nitrogens is 2. The number of H-pyrrole nitrogens is 1. The summed E-state index contributed by atoms with van der Waals surface area (Å²) >= 11 is 0. The zero-order valence-corrected chi connectivity index (χ0v) is 17.3. The van der Waals surface area contributed by atoms with Gasteiger partial charge in [-0.15, -0.1) is 0 Å². The van der Waals surface area contributed by atoms with Crippen molar-refractivity contribution in [2.24, 2.45) is 0 Å². The van der Waals surface area contributed by atoms with Crippen molar-refractivity contribution in [2.75, 3.05) is 12.9 Å². The van der Waals surface area contributed by atoms with Crippen molar-refractivity contribution in [1.29, 1.82) is 0 Å². The number of imidazole rings is 1. The number of nitrogens with zero attached hydrogens (tertiary/aromatic N) is 1. The Labute approximate surface area is 171 Å². The highest BCUT2D eigenvalue weighted by Crippen LogP contribution is 2.21. The fraction of sp³-hybridized carbons (Fsp3) is 0.174. The number of aromatic amines is 1. The third-order valence-electron chi connectivity index (χ3n) is 4.44. The van der Waals surface area contributed by atoms with Crippen LogP contribution in [-0.4, -0.2) is 36.4 Å². The second kappa shape index (κ2) is 9.03. The van der Waals surface area contributed by atoms with Crippen molar-refractivity contribution >= 4 is 20.9 Å². The standard InChI is InChI=1S/C15H14N2O.C8H10O2S/c18-9-8-11-6-7-13-14(10-11)17-15(16-13)12-4-2-1-3-5-12;1-7-3-5-8(6-4-7)11(2,9)10/h1-7,10,18H,8-9H2,(H,16,17);3-6H,1-2H3. The molecule has 4 aromatic rings. The smallest absolute Gasteiger partial charge is 0.175 e. The molecule has 3 aromatic carbocycles. The molecule has 4 rings (SSSR count). The normalized spacial score (nSPS) is 11.1. The number of sulfone groups is 1. The monoisotopic (exact) mass is 408 g/mol. The molecule has 0 fully saturated rings. The second-order valence-corrected chi connectivity index (χ2v) is 8.88. The molecule has 0 amide bonds. The Hall–Kier alpha value is -2.96. The number of nitrogens with one attached hydrogen (secondary N) is 1. The van der Waals surface area contributed by atoms with Gasteiger partial charge in [-0.1, -0.05) is 54.1 Å². The molecule has 0 saturated heterocycles. The predicted molar refractivity (Wildman–Crippen MR) is 117 cm³/mol. The molecule has 2 N–H and O–H groups in total. The first-order valence-electron chi connectivity index (χ1n) is 9.28. The van der Waals surface area contributed by atoms with Crippen molar-refractivity contribution in [2.45, 2.75) is 18.2 Å². The van der Waals surface area contributed by atoms with Gasteiger partial charge in [0.2, 0.25) is 0 Å². The van der Waals surface area contributed by atoms with Gasteiger partial charge in [0.1, 0.15) is 5.82 Å². The molecule has 0 bridgehead atoms. The Morgan fingerprint density at radius 3 is 2.28 bits per heavy atom. The Morgan fingerprint density at radius 2 is 1.66 bits per heavy atom. The minimum Gasteiger partial charge on any atom is -0.396 e. The molecule has 0 aliphatic rings. The van der Waals surface area contributed by atoms with Gasteiger partial charge in [-0.3, -0.25) is 0 Å². The van der Waals surface area contributed by atoms with Crippen LogP contribution >= 0.6 is 0 Å². The van der Waals surface area contributed by atoms with Gasteiger partial charge >= 0.3 is 0 Å². The maximum atomic E-state index is 10.9. The summed E-state index contributed by atoms with van der Waals surface area (Å²) in [5, 5.41) is 8.95. The van der Waals surface area contributed by atoms with Gasteiger partial charge in [0.15, 0.2) is 9.84 Å². The molecule has 1 aromatic heterocycles. The Bertz CT molecular complexity index is 1180. The lowest BCUT2D eigenvalue weighted by Gasteiger charge is -1.96. The lowest BCUT2D eigenvalue weighted by molar-refractivity contribution is 0.299. The van der Waals surface area contributed by atoms with Crippen LogP contribution in [0.15, 0.2) is 77.7 Å². The van der Waals surface area contributed by atoms with E-state index in [0.717, 1.165) is 33.5 Å². The third kappa shape index (κ3) is 5.53. The highest BCUT2D eigenvalue weighted by Gasteiger charge is 2.05. The average molecular weight is 409 g/mol. The molecule has 5 nitrogen and oxygen atoms in total. The van der Waals surface area contributed by atoms with Crippen molar-refractivity contribution in [3.63, 3.8) is 0 Å². The van der Waals surface area contributed by atoms with Crippen molar-refractivity contribution in [1.82, 2.24) is 9.97 Å². The van der Waals surface area contributed by atoms with E-state index in [4.69, 9.17) is 5.11 Å². The first-order valence-corrected chi connectivity index (χ1v) is 11.2. The average Bonchev–Trinajstić information content (AvgIpc) is 3.13. The first kappa shape index (κ1) is 20.8. The summed E-state index contributed by atoms with van der Waals surface area (Å²) in [5.41, 5.74) is 5.23. The molecule has 0 saturated carbocycles. The maximum Gasteiger partial charge on any atom is 0.175 e. The van der Waals surface area contributed by atoms with Crippen molar-refractivity contribution in [3.05, 3.63) is 83.9 Å². The summed E-state index contributed by atoms with van der Waals surface area (Å²) in [5.74, 6) is 0.881. The summed E-state index contributed by atoms with van der Waals surface area (Å²) in [4.78, 5) is 8.26. The molecular formula is C23H24N2O3S. The topological polar surface area (TPSA) is 83.1 Å². The van der Waals surface area contributed by atoms with Crippen LogP contribution < -0.4 is 0 Å². The van der Waals surface area contributed by atoms with E-state index in [0.29, 0.717) is 11.3 Å². The van der Waals surface area contributed by atoms with E-state index in [-0.39, 0.29) is 6.61 Å². The van der Waals surface area contributed by atoms with Crippen LogP contribution in [0.25, 0.3) is 22.4 Å². The number of aliphatic hydroxyl groups excluding tert-OH is 1. The number of aryl methyl sites for hydroxylation is 1. The maximum absolute atomic E-state index is 10.9. The zero-order valence-electron chi connectivity index (χ0n) is 16.5. The van der Waals surface area contributed by atoms with Gasteiger partial charge in [0, 0.05) is 18.4 Å². The number of aliphatic hydroxyl groups is 1. The molecule has 29 heavy (non-hydrogen) atoms. The predicted octanol–water partition coefficient (Wildman–Crippen LogP) is 4.16. The number of benzene rings is 3. The molecule has 1 heterocycles. The lowest BCUT2D eigenvalue weighted by atomic mass is 10.1. The van der Waals surface area contributed by atoms with Gasteiger partial charge in [0.05, 0.1) is 15.9 Å². The third-order valence-corrected chi connectivity index (χ3v) is 5.57. The van der Waals surface area contributed by atoms with Gasteiger partial charge < -0.3 is 10.1 Å². The molecule has 0 atom stereocenters. The number of fused-ring (bicyclic) bond motifs is 1. The van der Waals surface area contributed by atoms with E-state index in [1.165, 1.54) is 6.26 Å². The largest absolute Gasteiger partial charge is 0.396 e. The highest BCUT2D eigenvalue weighted by molar-refractivity contribution is 7.90.